The van der Waals surface area contributed by atoms with Gasteiger partial charge in [0.05, 0.1) is 11.5 Å². The fraction of sp³-hybridized carbons (Fsp3) is 0.556. The van der Waals surface area contributed by atoms with Gasteiger partial charge < -0.3 is 4.90 Å². The number of hydrogen-bond donors (Lipinski definition) is 0. The first-order valence-electron chi connectivity index (χ1n) is 4.82. The van der Waals surface area contributed by atoms with Crippen molar-refractivity contribution >= 4 is 15.8 Å². The van der Waals surface area contributed by atoms with E-state index in [0.29, 0.717) is 19.0 Å². The molecule has 15 heavy (non-hydrogen) atoms. The van der Waals surface area contributed by atoms with Gasteiger partial charge in [-0.15, -0.1) is 0 Å². The van der Waals surface area contributed by atoms with Crippen LogP contribution in [0.15, 0.2) is 12.3 Å². The molecule has 0 unspecified atom stereocenters. The Balaban J connectivity index is 2.14. The van der Waals surface area contributed by atoms with Crippen LogP contribution in [-0.4, -0.2) is 43.0 Å². The van der Waals surface area contributed by atoms with Crippen LogP contribution in [0.4, 0.5) is 5.95 Å². The Kier molecular flexibility index (Phi) is 2.60. The lowest BCUT2D eigenvalue weighted by Crippen LogP contribution is -2.41. The molecule has 0 radical (unpaired) electrons. The van der Waals surface area contributed by atoms with Gasteiger partial charge in [-0.2, -0.15) is 0 Å². The zero-order valence-electron chi connectivity index (χ0n) is 8.55. The molecule has 0 aliphatic carbocycles. The van der Waals surface area contributed by atoms with E-state index < -0.39 is 9.84 Å². The van der Waals surface area contributed by atoms with E-state index >= 15 is 0 Å². The van der Waals surface area contributed by atoms with Gasteiger partial charge in [-0.3, -0.25) is 0 Å². The Morgan fingerprint density at radius 3 is 2.60 bits per heavy atom. The highest BCUT2D eigenvalue weighted by Gasteiger charge is 2.22. The Morgan fingerprint density at radius 1 is 1.33 bits per heavy atom. The van der Waals surface area contributed by atoms with Gasteiger partial charge in [0.25, 0.3) is 0 Å². The zero-order chi connectivity index (χ0) is 10.9. The first-order chi connectivity index (χ1) is 7.07. The lowest BCUT2D eigenvalue weighted by atomic mass is 10.4. The van der Waals surface area contributed by atoms with E-state index in [-0.39, 0.29) is 11.5 Å². The van der Waals surface area contributed by atoms with Gasteiger partial charge in [0.2, 0.25) is 5.95 Å². The minimum absolute atomic E-state index is 0.199. The Labute approximate surface area is 89.1 Å². The molecule has 1 aromatic heterocycles. The lowest BCUT2D eigenvalue weighted by molar-refractivity contribution is 0.585. The molecule has 2 heterocycles. The molecular weight excluding hydrogens is 214 g/mol. The topological polar surface area (TPSA) is 63.2 Å². The average Bonchev–Trinajstić information content (AvgIpc) is 2.17. The Hall–Kier alpha value is -1.17. The van der Waals surface area contributed by atoms with E-state index in [9.17, 15) is 8.42 Å². The van der Waals surface area contributed by atoms with Gasteiger partial charge in [-0.1, -0.05) is 0 Å². The number of aromatic nitrogens is 2. The normalized spacial score (nSPS) is 20.2. The molecule has 1 aromatic rings. The van der Waals surface area contributed by atoms with Crippen molar-refractivity contribution in [1.29, 1.82) is 0 Å². The SMILES string of the molecule is Cc1ccnc(N2CCS(=O)(=O)CC2)n1. The van der Waals surface area contributed by atoms with E-state index in [2.05, 4.69) is 9.97 Å². The zero-order valence-corrected chi connectivity index (χ0v) is 9.37. The fourth-order valence-corrected chi connectivity index (χ4v) is 2.70. The average molecular weight is 227 g/mol. The third kappa shape index (κ3) is 2.44. The summed E-state index contributed by atoms with van der Waals surface area (Å²) in [4.78, 5) is 10.3. The highest BCUT2D eigenvalue weighted by molar-refractivity contribution is 7.91. The highest BCUT2D eigenvalue weighted by Crippen LogP contribution is 2.11. The number of rotatable bonds is 1. The molecule has 0 aromatic carbocycles. The third-order valence-electron chi connectivity index (χ3n) is 2.41. The molecule has 1 aliphatic rings. The maximum absolute atomic E-state index is 11.2. The van der Waals surface area contributed by atoms with Crippen molar-refractivity contribution in [2.75, 3.05) is 29.5 Å². The predicted molar refractivity (Wildman–Crippen MR) is 57.6 cm³/mol. The summed E-state index contributed by atoms with van der Waals surface area (Å²) >= 11 is 0. The third-order valence-corrected chi connectivity index (χ3v) is 4.02. The monoisotopic (exact) mass is 227 g/mol. The van der Waals surface area contributed by atoms with Gasteiger partial charge in [-0.05, 0) is 13.0 Å². The molecule has 6 heteroatoms. The molecule has 0 atom stereocenters. The van der Waals surface area contributed by atoms with Crippen LogP contribution in [0.2, 0.25) is 0 Å². The molecular formula is C9H13N3O2S. The molecule has 0 saturated carbocycles. The standard InChI is InChI=1S/C9H13N3O2S/c1-8-2-3-10-9(11-8)12-4-6-15(13,14)7-5-12/h2-3H,4-7H2,1H3. The second kappa shape index (κ2) is 3.77. The number of aryl methyl sites for hydroxylation is 1. The number of anilines is 1. The van der Waals surface area contributed by atoms with Crippen molar-refractivity contribution in [1.82, 2.24) is 9.97 Å². The molecule has 0 spiro atoms. The van der Waals surface area contributed by atoms with E-state index in [1.165, 1.54) is 0 Å². The van der Waals surface area contributed by atoms with Gasteiger partial charge in [0.15, 0.2) is 9.84 Å². The summed E-state index contributed by atoms with van der Waals surface area (Å²) in [7, 11) is -2.83. The van der Waals surface area contributed by atoms with Gasteiger partial charge >= 0.3 is 0 Å². The van der Waals surface area contributed by atoms with Gasteiger partial charge in [-0.25, -0.2) is 18.4 Å². The predicted octanol–water partition coefficient (Wildman–Crippen LogP) is 0.0198. The van der Waals surface area contributed by atoms with Crippen LogP contribution in [0, 0.1) is 6.92 Å². The van der Waals surface area contributed by atoms with Crippen LogP contribution in [0.3, 0.4) is 0 Å². The van der Waals surface area contributed by atoms with Crippen LogP contribution >= 0.6 is 0 Å². The van der Waals surface area contributed by atoms with Crippen molar-refractivity contribution in [3.8, 4) is 0 Å². The molecule has 0 bridgehead atoms. The summed E-state index contributed by atoms with van der Waals surface area (Å²) < 4.78 is 22.5. The summed E-state index contributed by atoms with van der Waals surface area (Å²) in [6.45, 7) is 2.88. The summed E-state index contributed by atoms with van der Waals surface area (Å²) in [6, 6.07) is 1.82. The molecule has 2 rings (SSSR count). The number of nitrogens with zero attached hydrogens (tertiary/aromatic N) is 3. The number of hydrogen-bond acceptors (Lipinski definition) is 5. The van der Waals surface area contributed by atoms with Crippen molar-refractivity contribution in [2.24, 2.45) is 0 Å². The van der Waals surface area contributed by atoms with E-state index in [1.54, 1.807) is 6.20 Å². The molecule has 82 valence electrons. The van der Waals surface area contributed by atoms with E-state index in [0.717, 1.165) is 5.69 Å². The van der Waals surface area contributed by atoms with Crippen LogP contribution in [0.1, 0.15) is 5.69 Å². The molecule has 1 aliphatic heterocycles. The molecule has 5 nitrogen and oxygen atoms in total. The second-order valence-corrected chi connectivity index (χ2v) is 5.94. The largest absolute Gasteiger partial charge is 0.339 e. The van der Waals surface area contributed by atoms with Crippen LogP contribution in [0.5, 0.6) is 0 Å². The summed E-state index contributed by atoms with van der Waals surface area (Å²) in [5, 5.41) is 0. The van der Waals surface area contributed by atoms with Crippen LogP contribution < -0.4 is 4.90 Å². The quantitative estimate of drug-likeness (QED) is 0.677. The van der Waals surface area contributed by atoms with Gasteiger partial charge in [0.1, 0.15) is 0 Å². The molecule has 1 saturated heterocycles. The minimum Gasteiger partial charge on any atom is -0.339 e. The maximum atomic E-state index is 11.2. The van der Waals surface area contributed by atoms with Crippen molar-refractivity contribution < 1.29 is 8.42 Å². The maximum Gasteiger partial charge on any atom is 0.225 e. The van der Waals surface area contributed by atoms with Crippen molar-refractivity contribution in [3.63, 3.8) is 0 Å². The Bertz CT molecular complexity index is 444. The lowest BCUT2D eigenvalue weighted by Gasteiger charge is -2.26. The molecule has 0 amide bonds. The minimum atomic E-state index is -2.83. The van der Waals surface area contributed by atoms with Crippen molar-refractivity contribution in [2.45, 2.75) is 6.92 Å². The summed E-state index contributed by atoms with van der Waals surface area (Å²) in [5.74, 6) is 1.03. The Morgan fingerprint density at radius 2 is 2.00 bits per heavy atom. The molecule has 0 N–H and O–H groups in total. The van der Waals surface area contributed by atoms with Crippen molar-refractivity contribution in [3.05, 3.63) is 18.0 Å². The second-order valence-electron chi connectivity index (χ2n) is 3.64. The highest BCUT2D eigenvalue weighted by atomic mass is 32.2. The fourth-order valence-electron chi connectivity index (χ4n) is 1.50. The van der Waals surface area contributed by atoms with Crippen LogP contribution in [0.25, 0.3) is 0 Å². The van der Waals surface area contributed by atoms with Crippen LogP contribution in [-0.2, 0) is 9.84 Å². The first-order valence-corrected chi connectivity index (χ1v) is 6.64. The summed E-state index contributed by atoms with van der Waals surface area (Å²) in [6.07, 6.45) is 1.70. The van der Waals surface area contributed by atoms with E-state index in [1.807, 2.05) is 17.9 Å². The van der Waals surface area contributed by atoms with Gasteiger partial charge in [0, 0.05) is 25.0 Å². The van der Waals surface area contributed by atoms with E-state index in [4.69, 9.17) is 0 Å². The smallest absolute Gasteiger partial charge is 0.225 e. The molecule has 1 fully saturated rings. The number of sulfone groups is 1. The first kappa shape index (κ1) is 10.4. The summed E-state index contributed by atoms with van der Waals surface area (Å²) in [5.41, 5.74) is 0.897.